The second kappa shape index (κ2) is 4.87. The lowest BCUT2D eigenvalue weighted by Crippen LogP contribution is -2.35. The zero-order valence-corrected chi connectivity index (χ0v) is 12.1. The molecule has 1 aromatic heterocycles. The van der Waals surface area contributed by atoms with E-state index in [0.29, 0.717) is 30.4 Å². The number of carboxylic acids is 1. The van der Waals surface area contributed by atoms with Crippen LogP contribution < -0.4 is 10.6 Å². The SMILES string of the molecule is NC(=O)c1cnc(N2C[C@@H]3CCC[C@@]3(C(=O)O)C2)c(Cl)c1. The van der Waals surface area contributed by atoms with Gasteiger partial charge in [0, 0.05) is 19.3 Å². The van der Waals surface area contributed by atoms with E-state index in [1.54, 1.807) is 0 Å². The number of anilines is 1. The van der Waals surface area contributed by atoms with Crippen molar-refractivity contribution in [3.63, 3.8) is 0 Å². The normalized spacial score (nSPS) is 27.7. The number of primary amides is 1. The third-order valence-corrected chi connectivity index (χ3v) is 4.98. The van der Waals surface area contributed by atoms with Crippen LogP contribution in [-0.4, -0.2) is 35.1 Å². The molecule has 1 amide bonds. The van der Waals surface area contributed by atoms with Crippen LogP contribution in [0.15, 0.2) is 12.3 Å². The molecule has 2 aliphatic rings. The Morgan fingerprint density at radius 1 is 1.52 bits per heavy atom. The van der Waals surface area contributed by atoms with Gasteiger partial charge in [-0.25, -0.2) is 4.98 Å². The first-order valence-corrected chi connectivity index (χ1v) is 7.25. The van der Waals surface area contributed by atoms with Crippen LogP contribution in [0.25, 0.3) is 0 Å². The van der Waals surface area contributed by atoms with Crippen LogP contribution in [0.1, 0.15) is 29.6 Å². The van der Waals surface area contributed by atoms with Crippen molar-refractivity contribution in [1.82, 2.24) is 4.98 Å². The lowest BCUT2D eigenvalue weighted by Gasteiger charge is -2.24. The molecule has 6 nitrogen and oxygen atoms in total. The van der Waals surface area contributed by atoms with E-state index in [2.05, 4.69) is 4.98 Å². The smallest absolute Gasteiger partial charge is 0.311 e. The number of fused-ring (bicyclic) bond motifs is 1. The van der Waals surface area contributed by atoms with E-state index in [4.69, 9.17) is 17.3 Å². The van der Waals surface area contributed by atoms with E-state index < -0.39 is 17.3 Å². The number of halogens is 1. The molecule has 112 valence electrons. The van der Waals surface area contributed by atoms with E-state index in [1.807, 2.05) is 4.90 Å². The highest BCUT2D eigenvalue weighted by Crippen LogP contribution is 2.50. The van der Waals surface area contributed by atoms with Gasteiger partial charge in [0.15, 0.2) is 0 Å². The van der Waals surface area contributed by atoms with Crippen molar-refractivity contribution >= 4 is 29.3 Å². The summed E-state index contributed by atoms with van der Waals surface area (Å²) in [6.07, 6.45) is 3.94. The molecule has 1 saturated heterocycles. The Labute approximate surface area is 126 Å². The first-order valence-electron chi connectivity index (χ1n) is 6.88. The summed E-state index contributed by atoms with van der Waals surface area (Å²) in [5.41, 5.74) is 4.75. The van der Waals surface area contributed by atoms with Crippen LogP contribution in [-0.2, 0) is 4.79 Å². The van der Waals surface area contributed by atoms with Gasteiger partial charge in [0.25, 0.3) is 0 Å². The number of pyridine rings is 1. The number of carbonyl (C=O) groups excluding carboxylic acids is 1. The summed E-state index contributed by atoms with van der Waals surface area (Å²) in [5.74, 6) is -0.672. The van der Waals surface area contributed by atoms with Crippen LogP contribution >= 0.6 is 11.6 Å². The molecule has 3 N–H and O–H groups in total. The molecule has 1 saturated carbocycles. The van der Waals surface area contributed by atoms with Crippen molar-refractivity contribution < 1.29 is 14.7 Å². The minimum absolute atomic E-state index is 0.128. The maximum Gasteiger partial charge on any atom is 0.311 e. The van der Waals surface area contributed by atoms with E-state index in [1.165, 1.54) is 12.3 Å². The van der Waals surface area contributed by atoms with Crippen molar-refractivity contribution in [2.75, 3.05) is 18.0 Å². The van der Waals surface area contributed by atoms with Gasteiger partial charge in [-0.05, 0) is 24.8 Å². The minimum Gasteiger partial charge on any atom is -0.481 e. The number of hydrogen-bond donors (Lipinski definition) is 2. The molecule has 2 heterocycles. The first-order chi connectivity index (χ1) is 9.94. The van der Waals surface area contributed by atoms with Gasteiger partial charge in [0.2, 0.25) is 5.91 Å². The Bertz CT molecular complexity index is 621. The van der Waals surface area contributed by atoms with Gasteiger partial charge in [-0.1, -0.05) is 18.0 Å². The van der Waals surface area contributed by atoms with Gasteiger partial charge in [-0.15, -0.1) is 0 Å². The molecule has 3 rings (SSSR count). The second-order valence-electron chi connectivity index (χ2n) is 5.82. The summed E-state index contributed by atoms with van der Waals surface area (Å²) >= 11 is 6.18. The fraction of sp³-hybridized carbons (Fsp3) is 0.500. The molecule has 21 heavy (non-hydrogen) atoms. The van der Waals surface area contributed by atoms with E-state index in [9.17, 15) is 14.7 Å². The second-order valence-corrected chi connectivity index (χ2v) is 6.23. The van der Waals surface area contributed by atoms with Crippen molar-refractivity contribution in [3.8, 4) is 0 Å². The Morgan fingerprint density at radius 3 is 2.86 bits per heavy atom. The number of hydrogen-bond acceptors (Lipinski definition) is 4. The van der Waals surface area contributed by atoms with Gasteiger partial charge in [-0.2, -0.15) is 0 Å². The largest absolute Gasteiger partial charge is 0.481 e. The minimum atomic E-state index is -0.739. The van der Waals surface area contributed by atoms with Gasteiger partial charge < -0.3 is 15.7 Å². The molecule has 0 radical (unpaired) electrons. The summed E-state index contributed by atoms with van der Waals surface area (Å²) in [6.45, 7) is 1.05. The summed E-state index contributed by atoms with van der Waals surface area (Å²) < 4.78 is 0. The monoisotopic (exact) mass is 309 g/mol. The molecule has 0 unspecified atom stereocenters. The molecule has 0 bridgehead atoms. The lowest BCUT2D eigenvalue weighted by atomic mass is 9.81. The van der Waals surface area contributed by atoms with Crippen LogP contribution in [0.4, 0.5) is 5.82 Å². The van der Waals surface area contributed by atoms with Gasteiger partial charge in [-0.3, -0.25) is 9.59 Å². The van der Waals surface area contributed by atoms with Crippen molar-refractivity contribution in [2.24, 2.45) is 17.1 Å². The molecular weight excluding hydrogens is 294 g/mol. The van der Waals surface area contributed by atoms with Gasteiger partial charge in [0.05, 0.1) is 16.0 Å². The zero-order valence-electron chi connectivity index (χ0n) is 11.4. The Hall–Kier alpha value is -1.82. The number of carboxylic acid groups (broad SMARTS) is 1. The van der Waals surface area contributed by atoms with Gasteiger partial charge >= 0.3 is 5.97 Å². The van der Waals surface area contributed by atoms with Gasteiger partial charge in [0.1, 0.15) is 5.82 Å². The molecule has 2 fully saturated rings. The fourth-order valence-electron chi connectivity index (χ4n) is 3.60. The average molecular weight is 310 g/mol. The predicted molar refractivity (Wildman–Crippen MR) is 77.4 cm³/mol. The van der Waals surface area contributed by atoms with Crippen LogP contribution in [0.3, 0.4) is 0 Å². The third kappa shape index (κ3) is 2.14. The quantitative estimate of drug-likeness (QED) is 0.882. The van der Waals surface area contributed by atoms with Crippen molar-refractivity contribution in [1.29, 1.82) is 0 Å². The summed E-state index contributed by atoms with van der Waals surface area (Å²) in [7, 11) is 0. The summed E-state index contributed by atoms with van der Waals surface area (Å²) in [6, 6.07) is 1.48. The molecule has 1 aliphatic carbocycles. The number of nitrogens with zero attached hydrogens (tertiary/aromatic N) is 2. The Morgan fingerprint density at radius 2 is 2.29 bits per heavy atom. The summed E-state index contributed by atoms with van der Waals surface area (Å²) in [5, 5.41) is 9.91. The molecule has 7 heteroatoms. The molecule has 1 aliphatic heterocycles. The van der Waals surface area contributed by atoms with Crippen molar-refractivity contribution in [3.05, 3.63) is 22.8 Å². The molecule has 0 aromatic carbocycles. The lowest BCUT2D eigenvalue weighted by molar-refractivity contribution is -0.149. The number of aromatic nitrogens is 1. The summed E-state index contributed by atoms with van der Waals surface area (Å²) in [4.78, 5) is 28.9. The number of amides is 1. The van der Waals surface area contributed by atoms with E-state index in [0.717, 1.165) is 12.8 Å². The predicted octanol–water partition coefficient (Wildman–Crippen LogP) is 1.53. The maximum absolute atomic E-state index is 11.7. The average Bonchev–Trinajstić information content (AvgIpc) is 2.95. The van der Waals surface area contributed by atoms with Crippen LogP contribution in [0, 0.1) is 11.3 Å². The van der Waals surface area contributed by atoms with Crippen LogP contribution in [0.5, 0.6) is 0 Å². The first kappa shape index (κ1) is 14.1. The number of rotatable bonds is 3. The van der Waals surface area contributed by atoms with Crippen LogP contribution in [0.2, 0.25) is 5.02 Å². The third-order valence-electron chi connectivity index (χ3n) is 4.70. The standard InChI is InChI=1S/C14H16ClN3O3/c15-10-4-8(11(16)19)5-17-12(10)18-6-9-2-1-3-14(9,7-18)13(20)21/h4-5,9H,1-3,6-7H2,(H2,16,19)(H,20,21)/t9-,14+/m0/s1. The molecular formula is C14H16ClN3O3. The molecule has 2 atom stereocenters. The number of aliphatic carboxylic acids is 1. The highest BCUT2D eigenvalue weighted by Gasteiger charge is 2.55. The topological polar surface area (TPSA) is 96.5 Å². The highest BCUT2D eigenvalue weighted by molar-refractivity contribution is 6.33. The number of nitrogens with two attached hydrogens (primary N) is 1. The number of carbonyl (C=O) groups is 2. The Balaban J connectivity index is 1.90. The zero-order chi connectivity index (χ0) is 15.2. The van der Waals surface area contributed by atoms with E-state index >= 15 is 0 Å². The van der Waals surface area contributed by atoms with E-state index in [-0.39, 0.29) is 11.5 Å². The molecule has 1 aromatic rings. The Kier molecular flexibility index (Phi) is 3.28. The highest BCUT2D eigenvalue weighted by atomic mass is 35.5. The molecule has 0 spiro atoms. The fourth-order valence-corrected chi connectivity index (χ4v) is 3.88. The van der Waals surface area contributed by atoms with Crippen molar-refractivity contribution in [2.45, 2.75) is 19.3 Å². The maximum atomic E-state index is 11.7.